The van der Waals surface area contributed by atoms with Gasteiger partial charge in [0.15, 0.2) is 0 Å². The van der Waals surface area contributed by atoms with Gasteiger partial charge >= 0.3 is 0 Å². The van der Waals surface area contributed by atoms with Crippen molar-refractivity contribution in [3.05, 3.63) is 17.6 Å². The highest BCUT2D eigenvalue weighted by atomic mass is 16.1. The summed E-state index contributed by atoms with van der Waals surface area (Å²) in [6.07, 6.45) is 5.06. The fourth-order valence-electron chi connectivity index (χ4n) is 2.34. The van der Waals surface area contributed by atoms with Crippen LogP contribution in [0.4, 0.5) is 5.82 Å². The van der Waals surface area contributed by atoms with Gasteiger partial charge in [0.25, 0.3) is 0 Å². The number of carbonyl (C=O) groups excluding carboxylic acids is 1. The molecular formula is C13H19N3O. The van der Waals surface area contributed by atoms with Crippen LogP contribution in [0.3, 0.4) is 0 Å². The Morgan fingerprint density at radius 1 is 1.29 bits per heavy atom. The lowest BCUT2D eigenvalue weighted by atomic mass is 9.93. The van der Waals surface area contributed by atoms with Crippen molar-refractivity contribution < 1.29 is 4.79 Å². The molecule has 0 saturated heterocycles. The van der Waals surface area contributed by atoms with Crippen LogP contribution in [0.2, 0.25) is 0 Å². The molecule has 17 heavy (non-hydrogen) atoms. The van der Waals surface area contributed by atoms with Crippen molar-refractivity contribution in [2.24, 2.45) is 0 Å². The zero-order chi connectivity index (χ0) is 12.4. The lowest BCUT2D eigenvalue weighted by Gasteiger charge is -2.32. The maximum atomic E-state index is 11.2. The van der Waals surface area contributed by atoms with E-state index in [0.29, 0.717) is 24.7 Å². The number of rotatable bonds is 2. The number of anilines is 1. The molecule has 92 valence electrons. The minimum Gasteiger partial charge on any atom is -0.355 e. The Hall–Kier alpha value is -1.45. The summed E-state index contributed by atoms with van der Waals surface area (Å²) in [4.78, 5) is 22.3. The van der Waals surface area contributed by atoms with Crippen LogP contribution >= 0.6 is 0 Å². The monoisotopic (exact) mass is 233 g/mol. The summed E-state index contributed by atoms with van der Waals surface area (Å²) in [5, 5.41) is 0. The molecule has 4 nitrogen and oxygen atoms in total. The minimum absolute atomic E-state index is 0.390. The standard InChI is InChI=1S/C13H19N3O/c1-9-8-14-10(2)13(15-9)16(3)11-4-6-12(17)7-5-11/h8,11H,4-7H2,1-3H3. The average Bonchev–Trinajstić information content (AvgIpc) is 2.32. The Morgan fingerprint density at radius 3 is 2.59 bits per heavy atom. The molecule has 1 heterocycles. The Morgan fingerprint density at radius 2 is 1.94 bits per heavy atom. The molecule has 1 aromatic rings. The normalized spacial score (nSPS) is 17.2. The molecule has 1 fully saturated rings. The van der Waals surface area contributed by atoms with Gasteiger partial charge in [-0.05, 0) is 26.7 Å². The summed E-state index contributed by atoms with van der Waals surface area (Å²) >= 11 is 0. The predicted molar refractivity (Wildman–Crippen MR) is 67.2 cm³/mol. The number of aromatic nitrogens is 2. The SMILES string of the molecule is Cc1cnc(C)c(N(C)C2CCC(=O)CC2)n1. The van der Waals surface area contributed by atoms with Crippen molar-refractivity contribution in [1.29, 1.82) is 0 Å². The second kappa shape index (κ2) is 4.82. The maximum Gasteiger partial charge on any atom is 0.150 e. The number of ketones is 1. The summed E-state index contributed by atoms with van der Waals surface area (Å²) in [5.74, 6) is 1.34. The first-order chi connectivity index (χ1) is 8.08. The van der Waals surface area contributed by atoms with Crippen molar-refractivity contribution in [2.45, 2.75) is 45.6 Å². The van der Waals surface area contributed by atoms with Gasteiger partial charge in [-0.15, -0.1) is 0 Å². The molecule has 0 spiro atoms. The van der Waals surface area contributed by atoms with Gasteiger partial charge in [0.2, 0.25) is 0 Å². The second-order valence-corrected chi connectivity index (χ2v) is 4.80. The number of nitrogens with zero attached hydrogens (tertiary/aromatic N) is 3. The van der Waals surface area contributed by atoms with Crippen molar-refractivity contribution in [3.63, 3.8) is 0 Å². The first kappa shape index (κ1) is 12.0. The zero-order valence-corrected chi connectivity index (χ0v) is 10.7. The Balaban J connectivity index is 2.16. The summed E-state index contributed by atoms with van der Waals surface area (Å²) in [5.41, 5.74) is 1.89. The largest absolute Gasteiger partial charge is 0.355 e. The third-order valence-electron chi connectivity index (χ3n) is 3.45. The molecule has 1 saturated carbocycles. The topological polar surface area (TPSA) is 46.1 Å². The van der Waals surface area contributed by atoms with E-state index in [-0.39, 0.29) is 0 Å². The van der Waals surface area contributed by atoms with Gasteiger partial charge in [-0.1, -0.05) is 0 Å². The molecule has 1 aromatic heterocycles. The van der Waals surface area contributed by atoms with Gasteiger partial charge in [-0.2, -0.15) is 0 Å². The van der Waals surface area contributed by atoms with E-state index < -0.39 is 0 Å². The third-order valence-corrected chi connectivity index (χ3v) is 3.45. The lowest BCUT2D eigenvalue weighted by molar-refractivity contribution is -0.120. The number of hydrogen-bond acceptors (Lipinski definition) is 4. The van der Waals surface area contributed by atoms with Crippen LogP contribution in [0.25, 0.3) is 0 Å². The molecule has 0 unspecified atom stereocenters. The quantitative estimate of drug-likeness (QED) is 0.784. The van der Waals surface area contributed by atoms with E-state index in [1.54, 1.807) is 6.20 Å². The van der Waals surface area contributed by atoms with E-state index in [0.717, 1.165) is 30.0 Å². The molecule has 0 amide bonds. The van der Waals surface area contributed by atoms with Crippen LogP contribution in [-0.2, 0) is 4.79 Å². The molecule has 1 aliphatic rings. The van der Waals surface area contributed by atoms with E-state index in [2.05, 4.69) is 21.9 Å². The second-order valence-electron chi connectivity index (χ2n) is 4.80. The lowest BCUT2D eigenvalue weighted by Crippen LogP contribution is -2.36. The van der Waals surface area contributed by atoms with Crippen LogP contribution < -0.4 is 4.90 Å². The molecule has 1 aliphatic carbocycles. The molecule has 2 rings (SSSR count). The first-order valence-electron chi connectivity index (χ1n) is 6.12. The summed E-state index contributed by atoms with van der Waals surface area (Å²) in [6.45, 7) is 3.93. The Kier molecular flexibility index (Phi) is 3.41. The van der Waals surface area contributed by atoms with Crippen LogP contribution in [0.1, 0.15) is 37.1 Å². The van der Waals surface area contributed by atoms with E-state index in [4.69, 9.17) is 0 Å². The van der Waals surface area contributed by atoms with Crippen LogP contribution in [0.5, 0.6) is 0 Å². The van der Waals surface area contributed by atoms with Gasteiger partial charge in [0, 0.05) is 32.1 Å². The number of Topliss-reactive ketones (excluding diaryl/α,β-unsaturated/α-hetero) is 1. The molecule has 0 bridgehead atoms. The van der Waals surface area contributed by atoms with E-state index in [1.807, 2.05) is 13.8 Å². The van der Waals surface area contributed by atoms with Crippen molar-refractivity contribution >= 4 is 11.6 Å². The predicted octanol–water partition coefficient (Wildman–Crippen LogP) is 2.04. The minimum atomic E-state index is 0.390. The molecule has 0 N–H and O–H groups in total. The molecule has 0 atom stereocenters. The fraction of sp³-hybridized carbons (Fsp3) is 0.615. The average molecular weight is 233 g/mol. The molecule has 4 heteroatoms. The molecular weight excluding hydrogens is 214 g/mol. The third kappa shape index (κ3) is 2.62. The molecule has 0 aromatic carbocycles. The van der Waals surface area contributed by atoms with Crippen LogP contribution in [0.15, 0.2) is 6.20 Å². The van der Waals surface area contributed by atoms with Crippen LogP contribution in [-0.4, -0.2) is 28.8 Å². The summed E-state index contributed by atoms with van der Waals surface area (Å²) in [7, 11) is 2.05. The highest BCUT2D eigenvalue weighted by Gasteiger charge is 2.24. The maximum absolute atomic E-state index is 11.2. The van der Waals surface area contributed by atoms with Gasteiger partial charge in [-0.3, -0.25) is 9.78 Å². The first-order valence-corrected chi connectivity index (χ1v) is 6.12. The van der Waals surface area contributed by atoms with Gasteiger partial charge in [0.1, 0.15) is 11.6 Å². The fourth-order valence-corrected chi connectivity index (χ4v) is 2.34. The van der Waals surface area contributed by atoms with Gasteiger partial charge in [0.05, 0.1) is 11.4 Å². The number of hydrogen-bond donors (Lipinski definition) is 0. The summed E-state index contributed by atoms with van der Waals surface area (Å²) < 4.78 is 0. The summed E-state index contributed by atoms with van der Waals surface area (Å²) in [6, 6.07) is 0.419. The van der Waals surface area contributed by atoms with Gasteiger partial charge < -0.3 is 4.90 Å². The van der Waals surface area contributed by atoms with Crippen molar-refractivity contribution in [3.8, 4) is 0 Å². The Bertz CT molecular complexity index is 421. The van der Waals surface area contributed by atoms with E-state index in [1.165, 1.54) is 0 Å². The highest BCUT2D eigenvalue weighted by Crippen LogP contribution is 2.24. The number of aryl methyl sites for hydroxylation is 2. The zero-order valence-electron chi connectivity index (χ0n) is 10.7. The highest BCUT2D eigenvalue weighted by molar-refractivity contribution is 5.79. The van der Waals surface area contributed by atoms with Crippen LogP contribution in [0, 0.1) is 13.8 Å². The van der Waals surface area contributed by atoms with Gasteiger partial charge in [-0.25, -0.2) is 4.98 Å². The van der Waals surface area contributed by atoms with Crippen molar-refractivity contribution in [1.82, 2.24) is 9.97 Å². The van der Waals surface area contributed by atoms with Crippen molar-refractivity contribution in [2.75, 3.05) is 11.9 Å². The number of carbonyl (C=O) groups is 1. The molecule has 0 aliphatic heterocycles. The molecule has 0 radical (unpaired) electrons. The smallest absolute Gasteiger partial charge is 0.150 e. The van der Waals surface area contributed by atoms with E-state index in [9.17, 15) is 4.79 Å². The van der Waals surface area contributed by atoms with E-state index >= 15 is 0 Å². The Labute approximate surface area is 102 Å².